The van der Waals surface area contributed by atoms with Crippen LogP contribution in [0.25, 0.3) is 11.1 Å². The second kappa shape index (κ2) is 11.0. The van der Waals surface area contributed by atoms with Crippen molar-refractivity contribution in [2.45, 2.75) is 53.0 Å². The number of aryl methyl sites for hydroxylation is 3. The van der Waals surface area contributed by atoms with Gasteiger partial charge in [0, 0.05) is 22.7 Å². The van der Waals surface area contributed by atoms with Crippen molar-refractivity contribution in [3.63, 3.8) is 0 Å². The topological polar surface area (TPSA) is 61.5 Å². The summed E-state index contributed by atoms with van der Waals surface area (Å²) < 4.78 is 41.4. The lowest BCUT2D eigenvalue weighted by molar-refractivity contribution is -0.143. The first-order valence-electron chi connectivity index (χ1n) is 10.5. The van der Waals surface area contributed by atoms with Gasteiger partial charge in [-0.3, -0.25) is 4.79 Å². The monoisotopic (exact) mass is 431 g/mol. The van der Waals surface area contributed by atoms with Crippen LogP contribution in [0.5, 0.6) is 5.75 Å². The molecule has 0 saturated heterocycles. The van der Waals surface area contributed by atoms with E-state index in [9.17, 15) is 9.18 Å². The number of benzene rings is 2. The molecule has 0 aromatic heterocycles. The number of carbonyl (C=O) groups is 1. The molecule has 0 amide bonds. The Kier molecular flexibility index (Phi) is 8.75. The Bertz CT molecular complexity index is 957. The van der Waals surface area contributed by atoms with E-state index in [2.05, 4.69) is 6.58 Å². The van der Waals surface area contributed by atoms with E-state index >= 15 is 4.39 Å². The van der Waals surface area contributed by atoms with Gasteiger partial charge in [-0.1, -0.05) is 12.1 Å². The van der Waals surface area contributed by atoms with Gasteiger partial charge in [-0.15, -0.1) is 6.58 Å². The van der Waals surface area contributed by atoms with Gasteiger partial charge >= 0.3 is 5.97 Å². The number of unbranched alkanes of at least 4 members (excludes halogenated alkanes) is 1. The SMILES string of the molecule is C=CCCCOc1cc(C)cc(C)c1-c1cc(C)c(F)c([C@@H](N)CC(=O)OCC)c1F. The van der Waals surface area contributed by atoms with Crippen molar-refractivity contribution < 1.29 is 23.0 Å². The van der Waals surface area contributed by atoms with Crippen molar-refractivity contribution in [3.05, 3.63) is 64.7 Å². The van der Waals surface area contributed by atoms with Crippen LogP contribution in [0.3, 0.4) is 0 Å². The number of allylic oxidation sites excluding steroid dienone is 1. The van der Waals surface area contributed by atoms with Crippen LogP contribution in [0, 0.1) is 32.4 Å². The maximum atomic E-state index is 15.6. The predicted molar refractivity (Wildman–Crippen MR) is 119 cm³/mol. The molecule has 2 aromatic carbocycles. The molecular formula is C25H31F2NO3. The van der Waals surface area contributed by atoms with Crippen LogP contribution in [0.15, 0.2) is 30.9 Å². The Morgan fingerprint density at radius 3 is 2.52 bits per heavy atom. The molecule has 1 atom stereocenters. The van der Waals surface area contributed by atoms with Gasteiger partial charge in [0.2, 0.25) is 0 Å². The molecule has 2 N–H and O–H groups in total. The molecule has 0 fully saturated rings. The Hall–Kier alpha value is -2.73. The number of halogens is 2. The Labute approximate surface area is 183 Å². The van der Waals surface area contributed by atoms with Crippen LogP contribution in [-0.4, -0.2) is 19.2 Å². The molecule has 0 saturated carbocycles. The highest BCUT2D eigenvalue weighted by Crippen LogP contribution is 2.40. The van der Waals surface area contributed by atoms with E-state index in [1.54, 1.807) is 13.8 Å². The molecule has 0 heterocycles. The summed E-state index contributed by atoms with van der Waals surface area (Å²) in [5.74, 6) is -1.62. The minimum absolute atomic E-state index is 0.171. The summed E-state index contributed by atoms with van der Waals surface area (Å²) in [7, 11) is 0. The van der Waals surface area contributed by atoms with Crippen molar-refractivity contribution in [2.24, 2.45) is 5.73 Å². The molecule has 0 aliphatic heterocycles. The standard InChI is InChI=1S/C25H31F2NO3/c1-6-8-9-10-31-20-12-15(3)11-16(4)22(20)18-13-17(5)24(26)23(25(18)27)19(28)14-21(29)30-7-2/h6,11-13,19H,1,7-10,14,28H2,2-5H3/t19-/m0/s1. The first-order valence-corrected chi connectivity index (χ1v) is 10.5. The van der Waals surface area contributed by atoms with Gasteiger partial charge in [0.05, 0.1) is 19.6 Å². The molecule has 31 heavy (non-hydrogen) atoms. The molecule has 0 radical (unpaired) electrons. The Morgan fingerprint density at radius 1 is 1.16 bits per heavy atom. The Balaban J connectivity index is 2.57. The molecule has 0 unspecified atom stereocenters. The maximum absolute atomic E-state index is 15.6. The minimum atomic E-state index is -1.17. The molecule has 0 aliphatic carbocycles. The summed E-state index contributed by atoms with van der Waals surface area (Å²) in [4.78, 5) is 11.8. The highest BCUT2D eigenvalue weighted by molar-refractivity contribution is 5.77. The van der Waals surface area contributed by atoms with E-state index in [-0.39, 0.29) is 29.7 Å². The normalized spacial score (nSPS) is 11.8. The zero-order valence-corrected chi connectivity index (χ0v) is 18.7. The molecule has 6 heteroatoms. The van der Waals surface area contributed by atoms with E-state index in [0.717, 1.165) is 24.0 Å². The van der Waals surface area contributed by atoms with Crippen LogP contribution in [0.1, 0.15) is 54.5 Å². The lowest BCUT2D eigenvalue weighted by atomic mass is 9.91. The van der Waals surface area contributed by atoms with Gasteiger partial charge in [0.15, 0.2) is 0 Å². The fourth-order valence-electron chi connectivity index (χ4n) is 3.60. The van der Waals surface area contributed by atoms with Crippen molar-refractivity contribution in [3.8, 4) is 16.9 Å². The van der Waals surface area contributed by atoms with Crippen molar-refractivity contribution in [1.29, 1.82) is 0 Å². The number of hydrogen-bond donors (Lipinski definition) is 1. The number of ether oxygens (including phenoxy) is 2. The average Bonchev–Trinajstić information content (AvgIpc) is 2.68. The molecule has 0 bridgehead atoms. The average molecular weight is 432 g/mol. The number of rotatable bonds is 10. The Morgan fingerprint density at radius 2 is 1.87 bits per heavy atom. The molecule has 0 spiro atoms. The summed E-state index contributed by atoms with van der Waals surface area (Å²) in [6, 6.07) is 4.05. The van der Waals surface area contributed by atoms with Crippen molar-refractivity contribution in [1.82, 2.24) is 0 Å². The number of nitrogens with two attached hydrogens (primary N) is 1. The van der Waals surface area contributed by atoms with Crippen LogP contribution in [0.2, 0.25) is 0 Å². The first kappa shape index (κ1) is 24.5. The summed E-state index contributed by atoms with van der Waals surface area (Å²) in [6.07, 6.45) is 3.07. The first-order chi connectivity index (χ1) is 14.7. The molecule has 168 valence electrons. The van der Waals surface area contributed by atoms with Gasteiger partial charge in [0.1, 0.15) is 17.4 Å². The summed E-state index contributed by atoms with van der Waals surface area (Å²) in [5, 5.41) is 0. The zero-order valence-electron chi connectivity index (χ0n) is 18.7. The van der Waals surface area contributed by atoms with E-state index in [1.165, 1.54) is 6.07 Å². The van der Waals surface area contributed by atoms with Crippen LogP contribution < -0.4 is 10.5 Å². The highest BCUT2D eigenvalue weighted by Gasteiger charge is 2.26. The molecule has 0 aliphatic rings. The summed E-state index contributed by atoms with van der Waals surface area (Å²) in [6.45, 7) is 11.3. The van der Waals surface area contributed by atoms with Crippen molar-refractivity contribution >= 4 is 5.97 Å². The van der Waals surface area contributed by atoms with Gasteiger partial charge < -0.3 is 15.2 Å². The predicted octanol–water partition coefficient (Wildman–Crippen LogP) is 5.86. The molecule has 4 nitrogen and oxygen atoms in total. The minimum Gasteiger partial charge on any atom is -0.493 e. The quantitative estimate of drug-likeness (QED) is 0.291. The number of esters is 1. The highest BCUT2D eigenvalue weighted by atomic mass is 19.1. The zero-order chi connectivity index (χ0) is 23.1. The van der Waals surface area contributed by atoms with Crippen molar-refractivity contribution in [2.75, 3.05) is 13.2 Å². The summed E-state index contributed by atoms with van der Waals surface area (Å²) in [5.41, 5.74) is 8.48. The largest absolute Gasteiger partial charge is 0.493 e. The third-order valence-electron chi connectivity index (χ3n) is 5.00. The second-order valence-electron chi connectivity index (χ2n) is 7.63. The lowest BCUT2D eigenvalue weighted by Gasteiger charge is -2.20. The third kappa shape index (κ3) is 5.91. The van der Waals surface area contributed by atoms with Gasteiger partial charge in [-0.2, -0.15) is 0 Å². The van der Waals surface area contributed by atoms with Gasteiger partial charge in [-0.25, -0.2) is 8.78 Å². The maximum Gasteiger partial charge on any atom is 0.307 e. The second-order valence-corrected chi connectivity index (χ2v) is 7.63. The molecule has 2 aromatic rings. The number of carbonyl (C=O) groups excluding carboxylic acids is 1. The third-order valence-corrected chi connectivity index (χ3v) is 5.00. The summed E-state index contributed by atoms with van der Waals surface area (Å²) >= 11 is 0. The smallest absolute Gasteiger partial charge is 0.307 e. The van der Waals surface area contributed by atoms with E-state index < -0.39 is 23.6 Å². The van der Waals surface area contributed by atoms with E-state index in [1.807, 2.05) is 32.1 Å². The number of hydrogen-bond acceptors (Lipinski definition) is 4. The van der Waals surface area contributed by atoms with E-state index in [0.29, 0.717) is 17.9 Å². The fourth-order valence-corrected chi connectivity index (χ4v) is 3.60. The van der Waals surface area contributed by atoms with Crippen LogP contribution in [-0.2, 0) is 9.53 Å². The lowest BCUT2D eigenvalue weighted by Crippen LogP contribution is -2.20. The van der Waals surface area contributed by atoms with E-state index in [4.69, 9.17) is 15.2 Å². The fraction of sp³-hybridized carbons (Fsp3) is 0.400. The van der Waals surface area contributed by atoms with Gasteiger partial charge in [-0.05, 0) is 69.4 Å². The molecule has 2 rings (SSSR count). The van der Waals surface area contributed by atoms with Gasteiger partial charge in [0.25, 0.3) is 0 Å². The molecular weight excluding hydrogens is 400 g/mol. The van der Waals surface area contributed by atoms with Crippen LogP contribution >= 0.6 is 0 Å². The van der Waals surface area contributed by atoms with Crippen LogP contribution in [0.4, 0.5) is 8.78 Å².